The van der Waals surface area contributed by atoms with Gasteiger partial charge in [0.25, 0.3) is 0 Å². The van der Waals surface area contributed by atoms with Crippen molar-refractivity contribution in [2.75, 3.05) is 39.8 Å². The fraction of sp³-hybridized carbons (Fsp3) is 0.500. The van der Waals surface area contributed by atoms with Crippen molar-refractivity contribution in [1.29, 1.82) is 0 Å². The van der Waals surface area contributed by atoms with Gasteiger partial charge in [0, 0.05) is 18.0 Å². The van der Waals surface area contributed by atoms with E-state index in [1.807, 2.05) is 31.2 Å². The molecule has 0 bridgehead atoms. The van der Waals surface area contributed by atoms with E-state index in [9.17, 15) is 5.11 Å². The van der Waals surface area contributed by atoms with Gasteiger partial charge in [0.15, 0.2) is 5.96 Å². The van der Waals surface area contributed by atoms with E-state index in [4.69, 9.17) is 9.73 Å². The van der Waals surface area contributed by atoms with Crippen LogP contribution in [-0.2, 0) is 0 Å². The molecule has 0 aliphatic carbocycles. The summed E-state index contributed by atoms with van der Waals surface area (Å²) in [6, 6.07) is 12.2. The molecular formula is C22H32N4O2S. The molecule has 1 aromatic heterocycles. The van der Waals surface area contributed by atoms with Crippen LogP contribution in [0.4, 0.5) is 0 Å². The molecule has 0 amide bonds. The molecule has 158 valence electrons. The topological polar surface area (TPSA) is 69.1 Å². The number of likely N-dealkylation sites (tertiary alicyclic amines) is 1. The number of ether oxygens (including phenoxy) is 1. The second kappa shape index (κ2) is 11.2. The van der Waals surface area contributed by atoms with E-state index >= 15 is 0 Å². The first-order valence-corrected chi connectivity index (χ1v) is 11.2. The van der Waals surface area contributed by atoms with Crippen molar-refractivity contribution in [3.8, 4) is 5.75 Å². The van der Waals surface area contributed by atoms with Crippen LogP contribution in [-0.4, -0.2) is 55.8 Å². The molecule has 2 atom stereocenters. The first-order valence-electron chi connectivity index (χ1n) is 10.3. The SMILES string of the molecule is CCNC(=NCC(c1cccs1)N1CCCC1)NCC(O)c1cccc(OC)c1. The molecular weight excluding hydrogens is 384 g/mol. The van der Waals surface area contributed by atoms with Crippen LogP contribution in [0, 0.1) is 0 Å². The lowest BCUT2D eigenvalue weighted by Gasteiger charge is -2.25. The Kier molecular flexibility index (Phi) is 8.34. The number of aliphatic imine (C=N–C) groups is 1. The normalized spacial score (nSPS) is 17.1. The third kappa shape index (κ3) is 6.19. The fourth-order valence-corrected chi connectivity index (χ4v) is 4.45. The number of aliphatic hydroxyl groups is 1. The number of hydrogen-bond donors (Lipinski definition) is 3. The van der Waals surface area contributed by atoms with E-state index in [0.717, 1.165) is 36.9 Å². The quantitative estimate of drug-likeness (QED) is 0.433. The zero-order valence-corrected chi connectivity index (χ0v) is 18.1. The van der Waals surface area contributed by atoms with Crippen molar-refractivity contribution < 1.29 is 9.84 Å². The summed E-state index contributed by atoms with van der Waals surface area (Å²) < 4.78 is 5.25. The Hall–Kier alpha value is -2.09. The highest BCUT2D eigenvalue weighted by Crippen LogP contribution is 2.28. The molecule has 29 heavy (non-hydrogen) atoms. The zero-order valence-electron chi connectivity index (χ0n) is 17.3. The lowest BCUT2D eigenvalue weighted by Crippen LogP contribution is -2.40. The Labute approximate surface area is 177 Å². The summed E-state index contributed by atoms with van der Waals surface area (Å²) in [6.45, 7) is 6.17. The van der Waals surface area contributed by atoms with E-state index in [0.29, 0.717) is 19.1 Å². The average Bonchev–Trinajstić information content (AvgIpc) is 3.47. The predicted octanol–water partition coefficient (Wildman–Crippen LogP) is 3.18. The molecule has 3 N–H and O–H groups in total. The highest BCUT2D eigenvalue weighted by molar-refractivity contribution is 7.10. The number of guanidine groups is 1. The number of nitrogens with one attached hydrogen (secondary N) is 2. The third-order valence-electron chi connectivity index (χ3n) is 5.16. The summed E-state index contributed by atoms with van der Waals surface area (Å²) in [6.07, 6.45) is 1.88. The van der Waals surface area contributed by atoms with Crippen molar-refractivity contribution in [2.24, 2.45) is 4.99 Å². The highest BCUT2D eigenvalue weighted by Gasteiger charge is 2.24. The van der Waals surface area contributed by atoms with Crippen LogP contribution < -0.4 is 15.4 Å². The molecule has 1 aliphatic rings. The molecule has 2 unspecified atom stereocenters. The minimum atomic E-state index is -0.638. The molecule has 0 saturated carbocycles. The van der Waals surface area contributed by atoms with E-state index in [-0.39, 0.29) is 0 Å². The molecule has 3 rings (SSSR count). The van der Waals surface area contributed by atoms with Gasteiger partial charge in [-0.15, -0.1) is 11.3 Å². The van der Waals surface area contributed by atoms with E-state index < -0.39 is 6.10 Å². The van der Waals surface area contributed by atoms with Gasteiger partial charge in [-0.05, 0) is 62.0 Å². The summed E-state index contributed by atoms with van der Waals surface area (Å²) in [5.41, 5.74) is 0.821. The van der Waals surface area contributed by atoms with E-state index in [1.54, 1.807) is 18.4 Å². The van der Waals surface area contributed by atoms with Gasteiger partial charge in [-0.2, -0.15) is 0 Å². The molecule has 2 heterocycles. The van der Waals surface area contributed by atoms with E-state index in [1.165, 1.54) is 17.7 Å². The Morgan fingerprint density at radius 3 is 2.76 bits per heavy atom. The molecule has 0 spiro atoms. The van der Waals surface area contributed by atoms with Crippen molar-refractivity contribution in [2.45, 2.75) is 31.9 Å². The third-order valence-corrected chi connectivity index (χ3v) is 6.13. The first kappa shape index (κ1) is 21.6. The van der Waals surface area contributed by atoms with Gasteiger partial charge < -0.3 is 20.5 Å². The maximum absolute atomic E-state index is 10.6. The Balaban J connectivity index is 1.63. The number of hydrogen-bond acceptors (Lipinski definition) is 5. The average molecular weight is 417 g/mol. The van der Waals surface area contributed by atoms with Gasteiger partial charge in [0.2, 0.25) is 0 Å². The van der Waals surface area contributed by atoms with Gasteiger partial charge in [0.1, 0.15) is 5.75 Å². The van der Waals surface area contributed by atoms with Crippen LogP contribution in [0.25, 0.3) is 0 Å². The molecule has 6 nitrogen and oxygen atoms in total. The van der Waals surface area contributed by atoms with Crippen LogP contribution in [0.3, 0.4) is 0 Å². The van der Waals surface area contributed by atoms with Crippen molar-refractivity contribution >= 4 is 17.3 Å². The van der Waals surface area contributed by atoms with Crippen molar-refractivity contribution in [1.82, 2.24) is 15.5 Å². The van der Waals surface area contributed by atoms with Gasteiger partial charge in [0.05, 0.1) is 25.8 Å². The number of rotatable bonds is 9. The smallest absolute Gasteiger partial charge is 0.191 e. The number of aliphatic hydroxyl groups excluding tert-OH is 1. The molecule has 7 heteroatoms. The van der Waals surface area contributed by atoms with Crippen molar-refractivity contribution in [3.05, 3.63) is 52.2 Å². The minimum absolute atomic E-state index is 0.316. The summed E-state index contributed by atoms with van der Waals surface area (Å²) in [4.78, 5) is 8.73. The van der Waals surface area contributed by atoms with Crippen molar-refractivity contribution in [3.63, 3.8) is 0 Å². The Morgan fingerprint density at radius 2 is 2.07 bits per heavy atom. The summed E-state index contributed by atoms with van der Waals surface area (Å²) in [5, 5.41) is 19.3. The summed E-state index contributed by atoms with van der Waals surface area (Å²) in [7, 11) is 1.63. The highest BCUT2D eigenvalue weighted by atomic mass is 32.1. The van der Waals surface area contributed by atoms with Gasteiger partial charge in [-0.25, -0.2) is 0 Å². The molecule has 1 aliphatic heterocycles. The number of nitrogens with zero attached hydrogens (tertiary/aromatic N) is 2. The number of methoxy groups -OCH3 is 1. The molecule has 1 aromatic carbocycles. The maximum atomic E-state index is 10.6. The monoisotopic (exact) mass is 416 g/mol. The summed E-state index contributed by atoms with van der Waals surface area (Å²) in [5.74, 6) is 1.47. The lowest BCUT2D eigenvalue weighted by atomic mass is 10.1. The van der Waals surface area contributed by atoms with E-state index in [2.05, 4.69) is 33.0 Å². The van der Waals surface area contributed by atoms with Crippen LogP contribution in [0.1, 0.15) is 42.4 Å². The van der Waals surface area contributed by atoms with Crippen LogP contribution in [0.2, 0.25) is 0 Å². The zero-order chi connectivity index (χ0) is 20.5. The number of benzene rings is 1. The molecule has 1 fully saturated rings. The molecule has 0 radical (unpaired) electrons. The van der Waals surface area contributed by atoms with Crippen LogP contribution in [0.15, 0.2) is 46.8 Å². The van der Waals surface area contributed by atoms with Gasteiger partial charge >= 0.3 is 0 Å². The minimum Gasteiger partial charge on any atom is -0.497 e. The molecule has 2 aromatic rings. The predicted molar refractivity (Wildman–Crippen MR) is 120 cm³/mol. The second-order valence-electron chi connectivity index (χ2n) is 7.17. The fourth-order valence-electron chi connectivity index (χ4n) is 3.60. The largest absolute Gasteiger partial charge is 0.497 e. The number of thiophene rings is 1. The standard InChI is InChI=1S/C22H32N4O2S/c1-3-23-22(25-16-20(27)17-8-6-9-18(14-17)28-2)24-15-19(21-10-7-13-29-21)26-11-4-5-12-26/h6-10,13-14,19-20,27H,3-5,11-12,15-16H2,1-2H3,(H2,23,24,25). The Morgan fingerprint density at radius 1 is 1.24 bits per heavy atom. The Bertz CT molecular complexity index is 760. The lowest BCUT2D eigenvalue weighted by molar-refractivity contribution is 0.180. The molecule has 1 saturated heterocycles. The summed E-state index contributed by atoms with van der Waals surface area (Å²) >= 11 is 1.80. The van der Waals surface area contributed by atoms with Gasteiger partial charge in [-0.1, -0.05) is 18.2 Å². The maximum Gasteiger partial charge on any atom is 0.191 e. The van der Waals surface area contributed by atoms with Crippen LogP contribution >= 0.6 is 11.3 Å². The van der Waals surface area contributed by atoms with Gasteiger partial charge in [-0.3, -0.25) is 9.89 Å². The second-order valence-corrected chi connectivity index (χ2v) is 8.15. The van der Waals surface area contributed by atoms with Crippen LogP contribution in [0.5, 0.6) is 5.75 Å². The first-order chi connectivity index (χ1) is 14.2.